The van der Waals surface area contributed by atoms with Crippen LogP contribution in [0.5, 0.6) is 0 Å². The summed E-state index contributed by atoms with van der Waals surface area (Å²) in [6.45, 7) is 5.51. The third kappa shape index (κ3) is 4.27. The maximum Gasteiger partial charge on any atom is 0.310 e. The average molecular weight is 464 g/mol. The summed E-state index contributed by atoms with van der Waals surface area (Å²) in [7, 11) is 0. The topological polar surface area (TPSA) is 92.7 Å². The van der Waals surface area contributed by atoms with Gasteiger partial charge in [0.15, 0.2) is 5.78 Å². The van der Waals surface area contributed by atoms with Crippen LogP contribution in [-0.2, 0) is 25.5 Å². The molecule has 2 N–H and O–H groups in total. The number of esters is 1. The van der Waals surface area contributed by atoms with Crippen LogP contribution < -0.4 is 5.32 Å². The molecule has 2 aliphatic heterocycles. The lowest BCUT2D eigenvalue weighted by Gasteiger charge is -2.44. The van der Waals surface area contributed by atoms with Crippen molar-refractivity contribution >= 4 is 17.7 Å². The van der Waals surface area contributed by atoms with Gasteiger partial charge in [-0.15, -0.1) is 0 Å². The highest BCUT2D eigenvalue weighted by molar-refractivity contribution is 5.97. The van der Waals surface area contributed by atoms with E-state index in [1.807, 2.05) is 48.6 Å². The van der Waals surface area contributed by atoms with Crippen LogP contribution in [0.3, 0.4) is 0 Å². The number of carbonyl (C=O) groups is 3. The molecule has 0 saturated carbocycles. The second-order valence-corrected chi connectivity index (χ2v) is 9.79. The van der Waals surface area contributed by atoms with Gasteiger partial charge < -0.3 is 15.2 Å². The number of allylic oxidation sites excluding steroid dienone is 3. The molecule has 0 bridgehead atoms. The number of benzene rings is 1. The number of aliphatic hydroxyl groups excluding tert-OH is 1. The Balaban J connectivity index is 1.78. The van der Waals surface area contributed by atoms with E-state index in [1.165, 1.54) is 0 Å². The minimum absolute atomic E-state index is 0.0297. The lowest BCUT2D eigenvalue weighted by molar-refractivity contribution is -0.176. The van der Waals surface area contributed by atoms with E-state index in [9.17, 15) is 19.5 Å². The molecule has 6 nitrogen and oxygen atoms in total. The van der Waals surface area contributed by atoms with Crippen LogP contribution in [0.2, 0.25) is 0 Å². The molecule has 6 heteroatoms. The highest BCUT2D eigenvalue weighted by Gasteiger charge is 2.64. The van der Waals surface area contributed by atoms with Gasteiger partial charge in [-0.2, -0.15) is 0 Å². The Labute approximate surface area is 200 Å². The molecule has 180 valence electrons. The zero-order valence-electron chi connectivity index (χ0n) is 20.0. The number of rotatable bonds is 3. The standard InChI is InChI=1S/C28H33NO5/c1-17-12-13-24(31)34-28-22(11-7-10-21(16-30)26(17)32)14-18(2)19(3)25(28)23(29-27(28)33)15-20-8-5-4-6-9-20/h4-9,11-12,14,19,21-23,25,30H,10,13,15-16H2,1-3H3,(H,29,33)/b11-7+,17-12+/t19-,21-,22+,23?,25+,28-/m1/s1. The van der Waals surface area contributed by atoms with Crippen LogP contribution in [0.25, 0.3) is 0 Å². The van der Waals surface area contributed by atoms with Crippen LogP contribution >= 0.6 is 0 Å². The molecule has 1 unspecified atom stereocenters. The molecule has 1 aromatic carbocycles. The van der Waals surface area contributed by atoms with Gasteiger partial charge in [-0.1, -0.05) is 67.1 Å². The Morgan fingerprint density at radius 2 is 1.88 bits per heavy atom. The number of Topliss-reactive ketones (excluding diaryl/α,β-unsaturated/α-hetero) is 1. The van der Waals surface area contributed by atoms with Gasteiger partial charge in [0, 0.05) is 23.8 Å². The van der Waals surface area contributed by atoms with E-state index in [0.717, 1.165) is 11.1 Å². The second kappa shape index (κ2) is 9.71. The second-order valence-electron chi connectivity index (χ2n) is 9.79. The summed E-state index contributed by atoms with van der Waals surface area (Å²) < 4.78 is 6.12. The van der Waals surface area contributed by atoms with E-state index in [2.05, 4.69) is 19.2 Å². The van der Waals surface area contributed by atoms with Crippen LogP contribution in [0.1, 0.15) is 39.2 Å². The van der Waals surface area contributed by atoms with Gasteiger partial charge in [-0.3, -0.25) is 14.4 Å². The number of amides is 1. The van der Waals surface area contributed by atoms with E-state index in [4.69, 9.17) is 4.74 Å². The fraction of sp³-hybridized carbons (Fsp3) is 0.464. The van der Waals surface area contributed by atoms with Crippen molar-refractivity contribution in [1.29, 1.82) is 0 Å². The largest absolute Gasteiger partial charge is 0.447 e. The van der Waals surface area contributed by atoms with Crippen molar-refractivity contribution in [3.05, 3.63) is 71.3 Å². The summed E-state index contributed by atoms with van der Waals surface area (Å²) in [5.41, 5.74) is 1.31. The first-order valence-electron chi connectivity index (χ1n) is 12.0. The summed E-state index contributed by atoms with van der Waals surface area (Å²) in [4.78, 5) is 39.3. The first-order valence-corrected chi connectivity index (χ1v) is 12.0. The van der Waals surface area contributed by atoms with Gasteiger partial charge in [0.2, 0.25) is 5.60 Å². The third-order valence-corrected chi connectivity index (χ3v) is 7.69. The molecule has 1 aliphatic carbocycles. The molecule has 1 amide bonds. The fourth-order valence-electron chi connectivity index (χ4n) is 5.73. The van der Waals surface area contributed by atoms with E-state index in [0.29, 0.717) is 18.4 Å². The number of hydrogen-bond donors (Lipinski definition) is 2. The summed E-state index contributed by atoms with van der Waals surface area (Å²) in [5, 5.41) is 12.9. The number of nitrogens with one attached hydrogen (secondary N) is 1. The molecule has 6 atom stereocenters. The Hall–Kier alpha value is -2.99. The minimum Gasteiger partial charge on any atom is -0.447 e. The zero-order chi connectivity index (χ0) is 24.5. The number of carbonyl (C=O) groups excluding carboxylic acids is 3. The summed E-state index contributed by atoms with van der Waals surface area (Å²) in [6, 6.07) is 9.81. The van der Waals surface area contributed by atoms with E-state index < -0.39 is 23.4 Å². The third-order valence-electron chi connectivity index (χ3n) is 7.69. The molecule has 1 aromatic rings. The van der Waals surface area contributed by atoms with Gasteiger partial charge in [0.05, 0.1) is 13.0 Å². The molecule has 34 heavy (non-hydrogen) atoms. The zero-order valence-corrected chi connectivity index (χ0v) is 20.0. The molecule has 1 fully saturated rings. The van der Waals surface area contributed by atoms with Crippen LogP contribution in [0, 0.1) is 23.7 Å². The Kier molecular flexibility index (Phi) is 6.89. The maximum absolute atomic E-state index is 13.7. The molecular weight excluding hydrogens is 430 g/mol. The maximum atomic E-state index is 13.7. The predicted octanol–water partition coefficient (Wildman–Crippen LogP) is 3.31. The number of ketones is 1. The van der Waals surface area contributed by atoms with Gasteiger partial charge in [0.1, 0.15) is 0 Å². The first kappa shape index (κ1) is 24.1. The Bertz CT molecular complexity index is 1060. The van der Waals surface area contributed by atoms with Crippen LogP contribution in [-0.4, -0.2) is 41.0 Å². The molecule has 1 saturated heterocycles. The van der Waals surface area contributed by atoms with E-state index >= 15 is 0 Å². The smallest absolute Gasteiger partial charge is 0.310 e. The molecule has 2 heterocycles. The molecule has 0 aromatic heterocycles. The van der Waals surface area contributed by atoms with Crippen molar-refractivity contribution in [3.8, 4) is 0 Å². The molecule has 4 rings (SSSR count). The van der Waals surface area contributed by atoms with Crippen molar-refractivity contribution in [1.82, 2.24) is 5.32 Å². The summed E-state index contributed by atoms with van der Waals surface area (Å²) in [6.07, 6.45) is 8.15. The van der Waals surface area contributed by atoms with E-state index in [1.54, 1.807) is 13.0 Å². The quantitative estimate of drug-likeness (QED) is 0.530. The normalized spacial score (nSPS) is 36.5. The molecule has 3 aliphatic rings. The van der Waals surface area contributed by atoms with Crippen LogP contribution in [0.15, 0.2) is 65.8 Å². The van der Waals surface area contributed by atoms with E-state index in [-0.39, 0.29) is 42.6 Å². The van der Waals surface area contributed by atoms with Crippen molar-refractivity contribution < 1.29 is 24.2 Å². The Morgan fingerprint density at radius 3 is 2.59 bits per heavy atom. The van der Waals surface area contributed by atoms with Gasteiger partial charge in [-0.05, 0) is 43.7 Å². The van der Waals surface area contributed by atoms with Gasteiger partial charge in [-0.25, -0.2) is 0 Å². The summed E-state index contributed by atoms with van der Waals surface area (Å²) in [5.74, 6) is -2.24. The van der Waals surface area contributed by atoms with Crippen LogP contribution in [0.4, 0.5) is 0 Å². The first-order chi connectivity index (χ1) is 16.3. The van der Waals surface area contributed by atoms with Crippen molar-refractivity contribution in [2.24, 2.45) is 23.7 Å². The number of hydrogen-bond acceptors (Lipinski definition) is 5. The Morgan fingerprint density at radius 1 is 1.15 bits per heavy atom. The van der Waals surface area contributed by atoms with Gasteiger partial charge >= 0.3 is 5.97 Å². The monoisotopic (exact) mass is 463 g/mol. The lowest BCUT2D eigenvalue weighted by atomic mass is 9.63. The highest BCUT2D eigenvalue weighted by Crippen LogP contribution is 2.50. The predicted molar refractivity (Wildman–Crippen MR) is 129 cm³/mol. The lowest BCUT2D eigenvalue weighted by Crippen LogP contribution is -2.56. The fourth-order valence-corrected chi connectivity index (χ4v) is 5.73. The highest BCUT2D eigenvalue weighted by atomic mass is 16.6. The summed E-state index contributed by atoms with van der Waals surface area (Å²) >= 11 is 0. The number of ether oxygens (including phenoxy) is 1. The average Bonchev–Trinajstić information content (AvgIpc) is 3.09. The van der Waals surface area contributed by atoms with Crippen molar-refractivity contribution in [2.75, 3.05) is 6.61 Å². The number of aliphatic hydroxyl groups is 1. The minimum atomic E-state index is -1.36. The van der Waals surface area contributed by atoms with Crippen molar-refractivity contribution in [2.45, 2.75) is 51.7 Å². The van der Waals surface area contributed by atoms with Crippen molar-refractivity contribution in [3.63, 3.8) is 0 Å². The SMILES string of the molecule is CC1=C[C@@H]2/C=C/C[C@H](CO)C(=O)/C(C)=C/CC(=O)O[C@]23C(=O)NC(Cc2ccccc2)[C@@H]3[C@@H]1C. The molecule has 0 radical (unpaired) electrons. The molecule has 1 spiro atoms. The van der Waals surface area contributed by atoms with Gasteiger partial charge in [0.25, 0.3) is 5.91 Å². The molecular formula is C28H33NO5.